The molecule has 0 unspecified atom stereocenters. The Labute approximate surface area is 126 Å². The first-order valence-electron chi connectivity index (χ1n) is 6.82. The molecule has 0 aliphatic carbocycles. The number of nitro groups is 1. The third-order valence-electron chi connectivity index (χ3n) is 3.78. The van der Waals surface area contributed by atoms with Crippen molar-refractivity contribution in [1.29, 1.82) is 0 Å². The predicted octanol–water partition coefficient (Wildman–Crippen LogP) is 1.70. The van der Waals surface area contributed by atoms with E-state index in [9.17, 15) is 20.0 Å². The number of benzene rings is 2. The van der Waals surface area contributed by atoms with Crippen molar-refractivity contribution in [2.45, 2.75) is 12.1 Å². The molecule has 1 aliphatic rings. The van der Waals surface area contributed by atoms with Crippen LogP contribution in [-0.4, -0.2) is 22.5 Å². The summed E-state index contributed by atoms with van der Waals surface area (Å²) in [5, 5.41) is 21.5. The Hall–Kier alpha value is -2.73. The van der Waals surface area contributed by atoms with E-state index in [2.05, 4.69) is 0 Å². The molecule has 0 fully saturated rings. The van der Waals surface area contributed by atoms with Crippen LogP contribution >= 0.6 is 0 Å². The molecule has 1 N–H and O–H groups in total. The Morgan fingerprint density at radius 2 is 1.73 bits per heavy atom. The summed E-state index contributed by atoms with van der Waals surface area (Å²) in [4.78, 5) is 24.2. The summed E-state index contributed by atoms with van der Waals surface area (Å²) in [6.07, 6.45) is 0. The van der Waals surface area contributed by atoms with Crippen LogP contribution < -0.4 is 4.90 Å². The van der Waals surface area contributed by atoms with Gasteiger partial charge < -0.3 is 10.0 Å². The minimum atomic E-state index is -2.10. The van der Waals surface area contributed by atoms with Crippen molar-refractivity contribution in [2.24, 2.45) is 0 Å². The van der Waals surface area contributed by atoms with Gasteiger partial charge in [-0.25, -0.2) is 0 Å². The van der Waals surface area contributed by atoms with Crippen LogP contribution in [-0.2, 0) is 16.9 Å². The van der Waals surface area contributed by atoms with Crippen molar-refractivity contribution < 1.29 is 14.8 Å². The summed E-state index contributed by atoms with van der Waals surface area (Å²) < 4.78 is 0. The molecule has 0 spiro atoms. The lowest BCUT2D eigenvalue weighted by Crippen LogP contribution is -2.44. The van der Waals surface area contributed by atoms with Gasteiger partial charge in [0.05, 0.1) is 12.2 Å². The first kappa shape index (κ1) is 14.2. The SMILES string of the molecule is O=C1N(Cc2ccccc2)c2ccccc2[C@@]1(O)C[N+](=O)[O-]. The molecule has 6 nitrogen and oxygen atoms in total. The van der Waals surface area contributed by atoms with Gasteiger partial charge in [-0.05, 0) is 11.6 Å². The van der Waals surface area contributed by atoms with Crippen LogP contribution in [0.25, 0.3) is 0 Å². The van der Waals surface area contributed by atoms with Crippen molar-refractivity contribution in [3.05, 3.63) is 75.8 Å². The molecule has 2 aromatic carbocycles. The molecule has 0 saturated carbocycles. The van der Waals surface area contributed by atoms with Crippen LogP contribution in [0.15, 0.2) is 54.6 Å². The number of carbonyl (C=O) groups is 1. The fourth-order valence-corrected chi connectivity index (χ4v) is 2.77. The number of anilines is 1. The summed E-state index contributed by atoms with van der Waals surface area (Å²) in [5.74, 6) is -0.658. The molecule has 6 heteroatoms. The molecular weight excluding hydrogens is 284 g/mol. The van der Waals surface area contributed by atoms with Crippen LogP contribution in [0.2, 0.25) is 0 Å². The summed E-state index contributed by atoms with van der Waals surface area (Å²) in [7, 11) is 0. The first-order chi connectivity index (χ1) is 10.5. The quantitative estimate of drug-likeness (QED) is 0.688. The largest absolute Gasteiger partial charge is 0.370 e. The highest BCUT2D eigenvalue weighted by atomic mass is 16.6. The second-order valence-electron chi connectivity index (χ2n) is 5.25. The van der Waals surface area contributed by atoms with Gasteiger partial charge in [-0.15, -0.1) is 0 Å². The number of amides is 1. The number of rotatable bonds is 4. The van der Waals surface area contributed by atoms with Crippen LogP contribution in [0.3, 0.4) is 0 Å². The summed E-state index contributed by atoms with van der Waals surface area (Å²) in [6.45, 7) is -0.579. The van der Waals surface area contributed by atoms with E-state index in [4.69, 9.17) is 0 Å². The van der Waals surface area contributed by atoms with E-state index in [0.29, 0.717) is 5.69 Å². The Kier molecular flexibility index (Phi) is 3.38. The van der Waals surface area contributed by atoms with Crippen LogP contribution in [0, 0.1) is 10.1 Å². The fourth-order valence-electron chi connectivity index (χ4n) is 2.77. The molecule has 3 rings (SSSR count). The van der Waals surface area contributed by atoms with Crippen molar-refractivity contribution in [2.75, 3.05) is 11.4 Å². The molecule has 0 radical (unpaired) electrons. The van der Waals surface area contributed by atoms with Crippen molar-refractivity contribution >= 4 is 11.6 Å². The second-order valence-corrected chi connectivity index (χ2v) is 5.25. The van der Waals surface area contributed by atoms with E-state index < -0.39 is 23.0 Å². The Morgan fingerprint density at radius 3 is 2.41 bits per heavy atom. The molecule has 0 aromatic heterocycles. The number of para-hydroxylation sites is 1. The molecular formula is C16H14N2O4. The summed E-state index contributed by atoms with van der Waals surface area (Å²) in [5.41, 5.74) is -0.418. The molecule has 1 atom stereocenters. The van der Waals surface area contributed by atoms with Gasteiger partial charge in [0.2, 0.25) is 12.1 Å². The minimum Gasteiger partial charge on any atom is -0.370 e. The maximum Gasteiger partial charge on any atom is 0.271 e. The minimum absolute atomic E-state index is 0.261. The highest BCUT2D eigenvalue weighted by Crippen LogP contribution is 2.41. The molecule has 0 saturated heterocycles. The van der Waals surface area contributed by atoms with E-state index >= 15 is 0 Å². The van der Waals surface area contributed by atoms with Crippen molar-refractivity contribution in [3.8, 4) is 0 Å². The zero-order valence-electron chi connectivity index (χ0n) is 11.7. The van der Waals surface area contributed by atoms with E-state index in [1.165, 1.54) is 4.90 Å². The number of fused-ring (bicyclic) bond motifs is 1. The predicted molar refractivity (Wildman–Crippen MR) is 79.8 cm³/mol. The van der Waals surface area contributed by atoms with Crippen LogP contribution in [0.5, 0.6) is 0 Å². The van der Waals surface area contributed by atoms with Gasteiger partial charge in [0.25, 0.3) is 5.91 Å². The lowest BCUT2D eigenvalue weighted by atomic mass is 9.96. The lowest BCUT2D eigenvalue weighted by Gasteiger charge is -2.20. The average molecular weight is 298 g/mol. The highest BCUT2D eigenvalue weighted by molar-refractivity contribution is 6.06. The molecule has 1 amide bonds. The maximum absolute atomic E-state index is 12.6. The monoisotopic (exact) mass is 298 g/mol. The van der Waals surface area contributed by atoms with Gasteiger partial charge in [0, 0.05) is 10.5 Å². The van der Waals surface area contributed by atoms with Gasteiger partial charge in [0.15, 0.2) is 0 Å². The smallest absolute Gasteiger partial charge is 0.271 e. The van der Waals surface area contributed by atoms with Gasteiger partial charge in [0.1, 0.15) is 0 Å². The molecule has 1 aliphatic heterocycles. The van der Waals surface area contributed by atoms with Crippen LogP contribution in [0.1, 0.15) is 11.1 Å². The normalized spacial score (nSPS) is 20.0. The Morgan fingerprint density at radius 1 is 1.09 bits per heavy atom. The molecule has 22 heavy (non-hydrogen) atoms. The topological polar surface area (TPSA) is 83.7 Å². The van der Waals surface area contributed by atoms with E-state index in [-0.39, 0.29) is 12.1 Å². The summed E-state index contributed by atoms with van der Waals surface area (Å²) >= 11 is 0. The van der Waals surface area contributed by atoms with Crippen molar-refractivity contribution in [3.63, 3.8) is 0 Å². The molecule has 0 bridgehead atoms. The number of carbonyl (C=O) groups excluding carboxylic acids is 1. The first-order valence-corrected chi connectivity index (χ1v) is 6.82. The zero-order valence-corrected chi connectivity index (χ0v) is 11.7. The van der Waals surface area contributed by atoms with E-state index in [1.807, 2.05) is 30.3 Å². The Balaban J connectivity index is 2.02. The van der Waals surface area contributed by atoms with Gasteiger partial charge >= 0.3 is 0 Å². The standard InChI is InChI=1S/C16H14N2O4/c19-15-16(20,11-18(21)22)13-8-4-5-9-14(13)17(15)10-12-6-2-1-3-7-12/h1-9,20H,10-11H2/t16-/m0/s1. The molecule has 1 heterocycles. The third-order valence-corrected chi connectivity index (χ3v) is 3.78. The number of hydrogen-bond acceptors (Lipinski definition) is 4. The third kappa shape index (κ3) is 2.23. The lowest BCUT2D eigenvalue weighted by molar-refractivity contribution is -0.498. The number of aliphatic hydroxyl groups is 1. The Bertz CT molecular complexity index is 732. The van der Waals surface area contributed by atoms with Gasteiger partial charge in [-0.1, -0.05) is 48.5 Å². The summed E-state index contributed by atoms with van der Waals surface area (Å²) in [6, 6.07) is 15.9. The van der Waals surface area contributed by atoms with E-state index in [1.54, 1.807) is 24.3 Å². The van der Waals surface area contributed by atoms with E-state index in [0.717, 1.165) is 5.56 Å². The zero-order chi connectivity index (χ0) is 15.7. The van der Waals surface area contributed by atoms with Gasteiger partial charge in [-0.3, -0.25) is 14.9 Å². The number of nitrogens with zero attached hydrogens (tertiary/aromatic N) is 2. The van der Waals surface area contributed by atoms with Crippen LogP contribution in [0.4, 0.5) is 5.69 Å². The molecule has 2 aromatic rings. The van der Waals surface area contributed by atoms with Gasteiger partial charge in [-0.2, -0.15) is 0 Å². The highest BCUT2D eigenvalue weighted by Gasteiger charge is 2.53. The average Bonchev–Trinajstić information content (AvgIpc) is 2.70. The second kappa shape index (κ2) is 5.23. The fraction of sp³-hybridized carbons (Fsp3) is 0.188. The van der Waals surface area contributed by atoms with Crippen molar-refractivity contribution in [1.82, 2.24) is 0 Å². The molecule has 112 valence electrons. The maximum atomic E-state index is 12.6. The number of hydrogen-bond donors (Lipinski definition) is 1.